The lowest BCUT2D eigenvalue weighted by atomic mass is 10.1. The van der Waals surface area contributed by atoms with E-state index in [0.717, 1.165) is 31.4 Å². The second-order valence-corrected chi connectivity index (χ2v) is 5.25. The predicted octanol–water partition coefficient (Wildman–Crippen LogP) is 3.08. The van der Waals surface area contributed by atoms with Crippen molar-refractivity contribution in [1.82, 2.24) is 4.90 Å². The minimum Gasteiger partial charge on any atom is -0.336 e. The molecule has 0 unspecified atom stereocenters. The zero-order chi connectivity index (χ0) is 16.8. The fourth-order valence-corrected chi connectivity index (χ4v) is 2.27. The largest absolute Gasteiger partial charge is 0.437 e. The predicted molar refractivity (Wildman–Crippen MR) is 80.2 cm³/mol. The number of amides is 2. The first kappa shape index (κ1) is 17.1. The molecule has 124 valence electrons. The lowest BCUT2D eigenvalue weighted by Crippen LogP contribution is -2.38. The Balaban J connectivity index is 1.90. The highest BCUT2D eigenvalue weighted by Crippen LogP contribution is 2.13. The van der Waals surface area contributed by atoms with E-state index in [0.29, 0.717) is 19.2 Å². The van der Waals surface area contributed by atoms with Gasteiger partial charge in [0.1, 0.15) is 11.6 Å². The molecule has 2 amide bonds. The van der Waals surface area contributed by atoms with Crippen LogP contribution in [0.15, 0.2) is 23.4 Å². The quantitative estimate of drug-likeness (QED) is 0.520. The number of benzene rings is 1. The summed E-state index contributed by atoms with van der Waals surface area (Å²) in [6.07, 6.45) is 1.67. The second kappa shape index (κ2) is 7.87. The average molecular weight is 346 g/mol. The van der Waals surface area contributed by atoms with Crippen LogP contribution in [0.25, 0.3) is 0 Å². The first-order valence-electron chi connectivity index (χ1n) is 6.92. The highest BCUT2D eigenvalue weighted by molar-refractivity contribution is 6.82. The van der Waals surface area contributed by atoms with Gasteiger partial charge in [-0.3, -0.25) is 14.9 Å². The Kier molecular flexibility index (Phi) is 5.86. The Hall–Kier alpha value is -2.22. The number of anilines is 1. The molecule has 9 heteroatoms. The second-order valence-electron chi connectivity index (χ2n) is 4.90. The van der Waals surface area contributed by atoms with Crippen molar-refractivity contribution in [2.24, 2.45) is 5.16 Å². The molecule has 2 rings (SSSR count). The van der Waals surface area contributed by atoms with Crippen LogP contribution < -0.4 is 5.32 Å². The summed E-state index contributed by atoms with van der Waals surface area (Å²) >= 11 is 5.70. The SMILES string of the molecule is O=C(Nc1cc(F)cc(F)c1)O/N=C(\Cl)C(=O)N1CCCCC1. The molecule has 1 saturated heterocycles. The van der Waals surface area contributed by atoms with Crippen molar-refractivity contribution in [2.45, 2.75) is 19.3 Å². The van der Waals surface area contributed by atoms with Crippen molar-refractivity contribution in [3.8, 4) is 0 Å². The minimum atomic E-state index is -1.13. The van der Waals surface area contributed by atoms with Crippen LogP contribution >= 0.6 is 11.6 Å². The van der Waals surface area contributed by atoms with E-state index in [2.05, 4.69) is 15.3 Å². The molecule has 0 aromatic heterocycles. The Morgan fingerprint density at radius 1 is 1.13 bits per heavy atom. The van der Waals surface area contributed by atoms with Gasteiger partial charge in [0.15, 0.2) is 0 Å². The van der Waals surface area contributed by atoms with Gasteiger partial charge in [-0.05, 0) is 31.4 Å². The van der Waals surface area contributed by atoms with Gasteiger partial charge in [-0.1, -0.05) is 16.8 Å². The number of nitrogens with zero attached hydrogens (tertiary/aromatic N) is 2. The van der Waals surface area contributed by atoms with Crippen LogP contribution in [-0.2, 0) is 9.63 Å². The summed E-state index contributed by atoms with van der Waals surface area (Å²) < 4.78 is 25.9. The molecule has 1 aliphatic rings. The number of rotatable bonds is 3. The molecule has 0 saturated carbocycles. The third-order valence-corrected chi connectivity index (χ3v) is 3.37. The number of nitrogens with one attached hydrogen (secondary N) is 1. The number of hydrogen-bond donors (Lipinski definition) is 1. The number of oxime groups is 1. The van der Waals surface area contributed by atoms with E-state index < -0.39 is 28.8 Å². The van der Waals surface area contributed by atoms with E-state index in [4.69, 9.17) is 11.6 Å². The number of halogens is 3. The van der Waals surface area contributed by atoms with Gasteiger partial charge in [0.2, 0.25) is 5.17 Å². The van der Waals surface area contributed by atoms with Gasteiger partial charge < -0.3 is 4.90 Å². The summed E-state index contributed by atoms with van der Waals surface area (Å²) in [7, 11) is 0. The van der Waals surface area contributed by atoms with E-state index >= 15 is 0 Å². The van der Waals surface area contributed by atoms with E-state index in [-0.39, 0.29) is 5.69 Å². The van der Waals surface area contributed by atoms with E-state index in [1.807, 2.05) is 0 Å². The summed E-state index contributed by atoms with van der Waals surface area (Å²) in [6, 6.07) is 2.45. The lowest BCUT2D eigenvalue weighted by molar-refractivity contribution is -0.124. The van der Waals surface area contributed by atoms with Gasteiger partial charge in [0.25, 0.3) is 5.91 Å². The molecule has 6 nitrogen and oxygen atoms in total. The molecular weight excluding hydrogens is 332 g/mol. The van der Waals surface area contributed by atoms with Gasteiger partial charge in [0, 0.05) is 24.8 Å². The van der Waals surface area contributed by atoms with Crippen LogP contribution in [0.2, 0.25) is 0 Å². The van der Waals surface area contributed by atoms with Crippen LogP contribution in [-0.4, -0.2) is 35.2 Å². The smallest absolute Gasteiger partial charge is 0.336 e. The summed E-state index contributed by atoms with van der Waals surface area (Å²) in [5, 5.41) is 4.80. The summed E-state index contributed by atoms with van der Waals surface area (Å²) in [5.74, 6) is -2.25. The Labute approximate surface area is 136 Å². The van der Waals surface area contributed by atoms with Gasteiger partial charge >= 0.3 is 6.09 Å². The van der Waals surface area contributed by atoms with Crippen molar-refractivity contribution in [3.63, 3.8) is 0 Å². The zero-order valence-electron chi connectivity index (χ0n) is 12.0. The minimum absolute atomic E-state index is 0.152. The van der Waals surface area contributed by atoms with Gasteiger partial charge in [-0.2, -0.15) is 0 Å². The number of likely N-dealkylation sites (tertiary alicyclic amines) is 1. The van der Waals surface area contributed by atoms with E-state index in [9.17, 15) is 18.4 Å². The third kappa shape index (κ3) is 5.17. The average Bonchev–Trinajstić information content (AvgIpc) is 2.51. The highest BCUT2D eigenvalue weighted by Gasteiger charge is 2.21. The maximum Gasteiger partial charge on any atom is 0.437 e. The summed E-state index contributed by atoms with van der Waals surface area (Å²) in [6.45, 7) is 1.14. The first-order chi connectivity index (χ1) is 11.0. The molecule has 1 aliphatic heterocycles. The van der Waals surface area contributed by atoms with Crippen molar-refractivity contribution < 1.29 is 23.2 Å². The van der Waals surface area contributed by atoms with Gasteiger partial charge in [0.05, 0.1) is 0 Å². The maximum absolute atomic E-state index is 13.0. The third-order valence-electron chi connectivity index (χ3n) is 3.14. The standard InChI is InChI=1S/C14H14ClF2N3O3/c15-12(13(21)20-4-2-1-3-5-20)19-23-14(22)18-11-7-9(16)6-10(17)8-11/h6-8H,1-5H2,(H,18,22)/b19-12-. The molecule has 1 aromatic carbocycles. The Morgan fingerprint density at radius 3 is 2.35 bits per heavy atom. The molecule has 0 atom stereocenters. The number of hydrogen-bond acceptors (Lipinski definition) is 4. The normalized spacial score (nSPS) is 15.3. The molecule has 0 radical (unpaired) electrons. The van der Waals surface area contributed by atoms with Crippen molar-refractivity contribution in [1.29, 1.82) is 0 Å². The van der Waals surface area contributed by atoms with Crippen molar-refractivity contribution >= 4 is 34.5 Å². The highest BCUT2D eigenvalue weighted by atomic mass is 35.5. The molecule has 1 N–H and O–H groups in total. The number of carbonyl (C=O) groups is 2. The van der Waals surface area contributed by atoms with Crippen LogP contribution in [0.4, 0.5) is 19.3 Å². The monoisotopic (exact) mass is 345 g/mol. The van der Waals surface area contributed by atoms with E-state index in [1.54, 1.807) is 0 Å². The number of carbonyl (C=O) groups excluding carboxylic acids is 2. The fourth-order valence-electron chi connectivity index (χ4n) is 2.11. The molecule has 1 heterocycles. The van der Waals surface area contributed by atoms with Crippen LogP contribution in [0, 0.1) is 11.6 Å². The fraction of sp³-hybridized carbons (Fsp3) is 0.357. The van der Waals surface area contributed by atoms with Gasteiger partial charge in [-0.25, -0.2) is 13.6 Å². The first-order valence-corrected chi connectivity index (χ1v) is 7.30. The number of piperidine rings is 1. The Morgan fingerprint density at radius 2 is 1.74 bits per heavy atom. The van der Waals surface area contributed by atoms with E-state index in [1.165, 1.54) is 4.90 Å². The topological polar surface area (TPSA) is 71.0 Å². The van der Waals surface area contributed by atoms with Crippen LogP contribution in [0.1, 0.15) is 19.3 Å². The van der Waals surface area contributed by atoms with Crippen molar-refractivity contribution in [2.75, 3.05) is 18.4 Å². The summed E-state index contributed by atoms with van der Waals surface area (Å²) in [5.41, 5.74) is -0.152. The Bertz CT molecular complexity index is 613. The molecule has 1 fully saturated rings. The maximum atomic E-state index is 13.0. The van der Waals surface area contributed by atoms with Crippen molar-refractivity contribution in [3.05, 3.63) is 29.8 Å². The molecular formula is C14H14ClF2N3O3. The molecule has 0 aliphatic carbocycles. The summed E-state index contributed by atoms with van der Waals surface area (Å²) in [4.78, 5) is 29.3. The van der Waals surface area contributed by atoms with Gasteiger partial charge in [-0.15, -0.1) is 0 Å². The molecule has 1 aromatic rings. The zero-order valence-corrected chi connectivity index (χ0v) is 12.8. The molecule has 0 bridgehead atoms. The molecule has 23 heavy (non-hydrogen) atoms. The lowest BCUT2D eigenvalue weighted by Gasteiger charge is -2.25. The van der Waals surface area contributed by atoms with Crippen LogP contribution in [0.3, 0.4) is 0 Å². The van der Waals surface area contributed by atoms with Crippen LogP contribution in [0.5, 0.6) is 0 Å². The molecule has 0 spiro atoms.